The molecule has 7 nitrogen and oxygen atoms in total. The molecule has 19 heavy (non-hydrogen) atoms. The molecule has 2 unspecified atom stereocenters. The van der Waals surface area contributed by atoms with Gasteiger partial charge in [-0.15, -0.1) is 0 Å². The number of nitrogens with zero attached hydrogens (tertiary/aromatic N) is 1. The number of likely N-dealkylation sites (tertiary alicyclic amines) is 1. The Morgan fingerprint density at radius 2 is 2.05 bits per heavy atom. The molecule has 0 aliphatic carbocycles. The molecule has 0 aromatic carbocycles. The van der Waals surface area contributed by atoms with Gasteiger partial charge >= 0.3 is 12.0 Å². The van der Waals surface area contributed by atoms with E-state index in [2.05, 4.69) is 10.6 Å². The molecule has 0 saturated carbocycles. The highest BCUT2D eigenvalue weighted by Gasteiger charge is 2.31. The van der Waals surface area contributed by atoms with Gasteiger partial charge in [-0.2, -0.15) is 0 Å². The van der Waals surface area contributed by atoms with E-state index < -0.39 is 12.1 Å². The zero-order chi connectivity index (χ0) is 14.4. The Balaban J connectivity index is 2.56. The van der Waals surface area contributed by atoms with Gasteiger partial charge in [0.2, 0.25) is 5.91 Å². The number of methoxy groups -OCH3 is 1. The molecule has 0 radical (unpaired) electrons. The lowest BCUT2D eigenvalue weighted by molar-refractivity contribution is -0.148. The van der Waals surface area contributed by atoms with Crippen LogP contribution < -0.4 is 10.6 Å². The Morgan fingerprint density at radius 3 is 2.63 bits per heavy atom. The van der Waals surface area contributed by atoms with Crippen LogP contribution >= 0.6 is 0 Å². The van der Waals surface area contributed by atoms with Crippen LogP contribution in [0.1, 0.15) is 19.8 Å². The second-order valence-electron chi connectivity index (χ2n) is 4.60. The SMILES string of the molecule is CNC(=O)NC(=O)C(C)N1CCCC(C(=O)OC)C1. The van der Waals surface area contributed by atoms with Gasteiger partial charge in [0.05, 0.1) is 19.1 Å². The van der Waals surface area contributed by atoms with Crippen LogP contribution in [0.4, 0.5) is 4.79 Å². The Morgan fingerprint density at radius 1 is 1.37 bits per heavy atom. The predicted octanol–water partition coefficient (Wildman–Crippen LogP) is -0.284. The van der Waals surface area contributed by atoms with Gasteiger partial charge < -0.3 is 10.1 Å². The summed E-state index contributed by atoms with van der Waals surface area (Å²) in [5.41, 5.74) is 0. The van der Waals surface area contributed by atoms with E-state index in [1.165, 1.54) is 14.2 Å². The van der Waals surface area contributed by atoms with Gasteiger partial charge in [-0.3, -0.25) is 19.8 Å². The molecular formula is C12H21N3O4. The van der Waals surface area contributed by atoms with Crippen molar-refractivity contribution in [2.45, 2.75) is 25.8 Å². The number of amides is 3. The normalized spacial score (nSPS) is 21.3. The van der Waals surface area contributed by atoms with Crippen molar-refractivity contribution in [3.8, 4) is 0 Å². The molecule has 108 valence electrons. The number of carbonyl (C=O) groups is 3. The van der Waals surface area contributed by atoms with E-state index in [0.717, 1.165) is 19.4 Å². The fraction of sp³-hybridized carbons (Fsp3) is 0.750. The lowest BCUT2D eigenvalue weighted by Crippen LogP contribution is -2.52. The smallest absolute Gasteiger partial charge is 0.321 e. The van der Waals surface area contributed by atoms with Crippen LogP contribution in [0.3, 0.4) is 0 Å². The average Bonchev–Trinajstić information content (AvgIpc) is 2.45. The topological polar surface area (TPSA) is 87.7 Å². The maximum atomic E-state index is 11.8. The molecule has 1 rings (SSSR count). The standard InChI is InChI=1S/C12H21N3O4/c1-8(10(16)14-12(18)13-2)15-6-4-5-9(7-15)11(17)19-3/h8-9H,4-7H2,1-3H3,(H2,13,14,16,18). The molecule has 0 aromatic heterocycles. The van der Waals surface area contributed by atoms with Crippen LogP contribution in [0.2, 0.25) is 0 Å². The summed E-state index contributed by atoms with van der Waals surface area (Å²) in [6.45, 7) is 2.93. The average molecular weight is 271 g/mol. The Labute approximate surface area is 112 Å². The van der Waals surface area contributed by atoms with Gasteiger partial charge in [-0.05, 0) is 26.3 Å². The van der Waals surface area contributed by atoms with E-state index in [4.69, 9.17) is 4.74 Å². The van der Waals surface area contributed by atoms with Crippen molar-refractivity contribution < 1.29 is 19.1 Å². The van der Waals surface area contributed by atoms with Crippen molar-refractivity contribution in [3.05, 3.63) is 0 Å². The third-order valence-electron chi connectivity index (χ3n) is 3.38. The minimum absolute atomic E-state index is 0.200. The maximum absolute atomic E-state index is 11.8. The highest BCUT2D eigenvalue weighted by atomic mass is 16.5. The number of hydrogen-bond donors (Lipinski definition) is 2. The fourth-order valence-corrected chi connectivity index (χ4v) is 2.16. The zero-order valence-corrected chi connectivity index (χ0v) is 11.6. The number of piperidine rings is 1. The minimum atomic E-state index is -0.529. The van der Waals surface area contributed by atoms with Crippen molar-refractivity contribution in [2.24, 2.45) is 5.92 Å². The van der Waals surface area contributed by atoms with E-state index in [1.807, 2.05) is 4.90 Å². The van der Waals surface area contributed by atoms with E-state index in [9.17, 15) is 14.4 Å². The summed E-state index contributed by atoms with van der Waals surface area (Å²) in [5.74, 6) is -0.817. The second kappa shape index (κ2) is 7.08. The largest absolute Gasteiger partial charge is 0.469 e. The molecule has 1 aliphatic heterocycles. The van der Waals surface area contributed by atoms with Crippen LogP contribution in [0, 0.1) is 5.92 Å². The molecule has 2 N–H and O–H groups in total. The van der Waals surface area contributed by atoms with Crippen LogP contribution in [0.25, 0.3) is 0 Å². The van der Waals surface area contributed by atoms with Crippen molar-refractivity contribution >= 4 is 17.9 Å². The summed E-state index contributed by atoms with van der Waals surface area (Å²) < 4.78 is 4.73. The molecule has 1 heterocycles. The first-order valence-electron chi connectivity index (χ1n) is 6.34. The van der Waals surface area contributed by atoms with Crippen LogP contribution in [-0.2, 0) is 14.3 Å². The van der Waals surface area contributed by atoms with E-state index >= 15 is 0 Å². The molecular weight excluding hydrogens is 250 g/mol. The summed E-state index contributed by atoms with van der Waals surface area (Å²) in [7, 11) is 2.81. The minimum Gasteiger partial charge on any atom is -0.469 e. The number of esters is 1. The van der Waals surface area contributed by atoms with E-state index in [-0.39, 0.29) is 17.8 Å². The summed E-state index contributed by atoms with van der Waals surface area (Å²) in [6.07, 6.45) is 1.60. The highest BCUT2D eigenvalue weighted by Crippen LogP contribution is 2.19. The Bertz CT molecular complexity index is 359. The molecule has 0 spiro atoms. The monoisotopic (exact) mass is 271 g/mol. The summed E-state index contributed by atoms with van der Waals surface area (Å²) in [4.78, 5) is 36.3. The van der Waals surface area contributed by atoms with Crippen LogP contribution in [-0.4, -0.2) is 56.1 Å². The molecule has 1 fully saturated rings. The maximum Gasteiger partial charge on any atom is 0.321 e. The van der Waals surface area contributed by atoms with Gasteiger partial charge in [0.25, 0.3) is 0 Å². The summed E-state index contributed by atoms with van der Waals surface area (Å²) in [5, 5.41) is 4.56. The highest BCUT2D eigenvalue weighted by molar-refractivity contribution is 5.96. The zero-order valence-electron chi connectivity index (χ0n) is 11.6. The molecule has 3 amide bonds. The van der Waals surface area contributed by atoms with Gasteiger partial charge in [-0.1, -0.05) is 0 Å². The number of ether oxygens (including phenoxy) is 1. The van der Waals surface area contributed by atoms with Crippen molar-refractivity contribution in [2.75, 3.05) is 27.2 Å². The van der Waals surface area contributed by atoms with Gasteiger partial charge in [0, 0.05) is 13.6 Å². The van der Waals surface area contributed by atoms with Crippen LogP contribution in [0.15, 0.2) is 0 Å². The molecule has 2 atom stereocenters. The predicted molar refractivity (Wildman–Crippen MR) is 68.4 cm³/mol. The number of imide groups is 1. The number of urea groups is 1. The summed E-state index contributed by atoms with van der Waals surface area (Å²) >= 11 is 0. The first-order chi connectivity index (χ1) is 8.99. The third-order valence-corrected chi connectivity index (χ3v) is 3.38. The van der Waals surface area contributed by atoms with E-state index in [1.54, 1.807) is 6.92 Å². The number of rotatable bonds is 3. The number of hydrogen-bond acceptors (Lipinski definition) is 5. The molecule has 1 aliphatic rings. The van der Waals surface area contributed by atoms with Crippen molar-refractivity contribution in [3.63, 3.8) is 0 Å². The molecule has 1 saturated heterocycles. The lowest BCUT2D eigenvalue weighted by Gasteiger charge is -2.34. The molecule has 7 heteroatoms. The fourth-order valence-electron chi connectivity index (χ4n) is 2.16. The van der Waals surface area contributed by atoms with Gasteiger partial charge in [0.15, 0.2) is 0 Å². The quantitative estimate of drug-likeness (QED) is 0.689. The Kier molecular flexibility index (Phi) is 5.75. The third kappa shape index (κ3) is 4.20. The van der Waals surface area contributed by atoms with Gasteiger partial charge in [0.1, 0.15) is 0 Å². The van der Waals surface area contributed by atoms with Crippen molar-refractivity contribution in [1.82, 2.24) is 15.5 Å². The first kappa shape index (κ1) is 15.4. The summed E-state index contributed by atoms with van der Waals surface area (Å²) in [6, 6.07) is -0.983. The second-order valence-corrected chi connectivity index (χ2v) is 4.60. The van der Waals surface area contributed by atoms with Crippen LogP contribution in [0.5, 0.6) is 0 Å². The number of nitrogens with one attached hydrogen (secondary N) is 2. The molecule has 0 aromatic rings. The number of carbonyl (C=O) groups excluding carboxylic acids is 3. The lowest BCUT2D eigenvalue weighted by atomic mass is 9.97. The molecule has 0 bridgehead atoms. The van der Waals surface area contributed by atoms with Crippen molar-refractivity contribution in [1.29, 1.82) is 0 Å². The van der Waals surface area contributed by atoms with E-state index in [0.29, 0.717) is 6.54 Å². The van der Waals surface area contributed by atoms with Gasteiger partial charge in [-0.25, -0.2) is 4.79 Å². The Hall–Kier alpha value is -1.63. The first-order valence-corrected chi connectivity index (χ1v) is 6.34.